The Hall–Kier alpha value is -2.74. The summed E-state index contributed by atoms with van der Waals surface area (Å²) >= 11 is 0.947. The van der Waals surface area contributed by atoms with Gasteiger partial charge >= 0.3 is 0 Å². The second kappa shape index (κ2) is 6.17. The summed E-state index contributed by atoms with van der Waals surface area (Å²) in [5.74, 6) is 0.646. The largest absolute Gasteiger partial charge is 0.492 e. The van der Waals surface area contributed by atoms with Gasteiger partial charge in [0.2, 0.25) is 0 Å². The van der Waals surface area contributed by atoms with Crippen LogP contribution in [0.2, 0.25) is 0 Å². The van der Waals surface area contributed by atoms with Crippen LogP contribution < -0.4 is 15.6 Å². The molecule has 3 rings (SSSR count). The molecule has 0 radical (unpaired) electrons. The van der Waals surface area contributed by atoms with Crippen LogP contribution in [0.5, 0.6) is 5.75 Å². The number of H-pyrrole nitrogens is 1. The number of ether oxygens (including phenoxy) is 1. The summed E-state index contributed by atoms with van der Waals surface area (Å²) in [7, 11) is 0. The lowest BCUT2D eigenvalue weighted by molar-refractivity contribution is 0.103. The van der Waals surface area contributed by atoms with Crippen LogP contribution in [0, 0.1) is 6.92 Å². The number of aromatic amines is 1. The van der Waals surface area contributed by atoms with E-state index in [2.05, 4.69) is 19.7 Å². The lowest BCUT2D eigenvalue weighted by atomic mass is 10.2. The lowest BCUT2D eigenvalue weighted by Gasteiger charge is -2.10. The predicted molar refractivity (Wildman–Crippen MR) is 88.3 cm³/mol. The van der Waals surface area contributed by atoms with Crippen LogP contribution in [-0.2, 0) is 0 Å². The number of carbonyl (C=O) groups excluding carboxylic acids is 1. The molecular weight excluding hydrogens is 316 g/mol. The van der Waals surface area contributed by atoms with Crippen molar-refractivity contribution in [2.75, 3.05) is 11.9 Å². The van der Waals surface area contributed by atoms with E-state index in [0.717, 1.165) is 11.5 Å². The number of hydrogen-bond acceptors (Lipinski definition) is 6. The van der Waals surface area contributed by atoms with Gasteiger partial charge in [-0.1, -0.05) is 12.1 Å². The van der Waals surface area contributed by atoms with Crippen molar-refractivity contribution < 1.29 is 9.53 Å². The Balaban J connectivity index is 1.97. The van der Waals surface area contributed by atoms with Crippen LogP contribution >= 0.6 is 11.5 Å². The lowest BCUT2D eigenvalue weighted by Crippen LogP contribution is -2.14. The molecular formula is C15H14N4O3S. The van der Waals surface area contributed by atoms with Crippen molar-refractivity contribution in [1.82, 2.24) is 14.3 Å². The molecule has 3 aromatic rings. The Bertz CT molecular complexity index is 932. The van der Waals surface area contributed by atoms with Crippen LogP contribution in [0.25, 0.3) is 11.0 Å². The molecule has 118 valence electrons. The number of hydrogen-bond donors (Lipinski definition) is 2. The zero-order chi connectivity index (χ0) is 16.4. The molecule has 0 aliphatic rings. The van der Waals surface area contributed by atoms with E-state index in [1.54, 1.807) is 25.1 Å². The third-order valence-electron chi connectivity index (χ3n) is 3.10. The molecule has 2 heterocycles. The fourth-order valence-corrected chi connectivity index (χ4v) is 2.85. The topological polar surface area (TPSA) is 97.0 Å². The summed E-state index contributed by atoms with van der Waals surface area (Å²) in [5.41, 5.74) is 0.687. The molecule has 0 unspecified atom stereocenters. The second-order valence-electron chi connectivity index (χ2n) is 4.74. The van der Waals surface area contributed by atoms with Crippen LogP contribution in [0.15, 0.2) is 29.1 Å². The highest BCUT2D eigenvalue weighted by molar-refractivity contribution is 7.09. The Kier molecular flexibility index (Phi) is 4.07. The maximum Gasteiger partial charge on any atom is 0.278 e. The van der Waals surface area contributed by atoms with E-state index < -0.39 is 0 Å². The average molecular weight is 330 g/mol. The zero-order valence-electron chi connectivity index (χ0n) is 12.5. The van der Waals surface area contributed by atoms with E-state index in [1.807, 2.05) is 13.0 Å². The van der Waals surface area contributed by atoms with Crippen LogP contribution in [0.3, 0.4) is 0 Å². The van der Waals surface area contributed by atoms with Gasteiger partial charge in [0, 0.05) is 0 Å². The summed E-state index contributed by atoms with van der Waals surface area (Å²) in [5, 5.41) is 2.78. The van der Waals surface area contributed by atoms with E-state index in [0.29, 0.717) is 34.3 Å². The number of carbonyl (C=O) groups is 1. The monoisotopic (exact) mass is 330 g/mol. The minimum absolute atomic E-state index is 0.170. The molecule has 0 aliphatic heterocycles. The molecule has 7 nitrogen and oxygen atoms in total. The second-order valence-corrected chi connectivity index (χ2v) is 5.52. The van der Waals surface area contributed by atoms with Gasteiger partial charge in [-0.05, 0) is 37.5 Å². The van der Waals surface area contributed by atoms with Gasteiger partial charge in [-0.25, -0.2) is 4.98 Å². The number of amides is 1. The summed E-state index contributed by atoms with van der Waals surface area (Å²) < 4.78 is 9.51. The maximum atomic E-state index is 12.5. The van der Waals surface area contributed by atoms with Crippen molar-refractivity contribution >= 4 is 34.2 Å². The Morgan fingerprint density at radius 3 is 2.91 bits per heavy atom. The minimum atomic E-state index is -0.373. The Labute approximate surface area is 135 Å². The van der Waals surface area contributed by atoms with E-state index in [1.165, 1.54) is 0 Å². The molecule has 0 saturated heterocycles. The number of anilines is 1. The molecule has 0 fully saturated rings. The maximum absolute atomic E-state index is 12.5. The van der Waals surface area contributed by atoms with Crippen molar-refractivity contribution in [2.45, 2.75) is 13.8 Å². The summed E-state index contributed by atoms with van der Waals surface area (Å²) in [6, 6.07) is 7.15. The zero-order valence-corrected chi connectivity index (χ0v) is 13.4. The summed E-state index contributed by atoms with van der Waals surface area (Å²) in [6.45, 7) is 4.02. The van der Waals surface area contributed by atoms with E-state index in [-0.39, 0.29) is 17.0 Å². The number of nitrogens with zero attached hydrogens (tertiary/aromatic N) is 2. The Morgan fingerprint density at radius 1 is 1.35 bits per heavy atom. The van der Waals surface area contributed by atoms with E-state index in [4.69, 9.17) is 4.74 Å². The first-order valence-corrected chi connectivity index (χ1v) is 7.77. The van der Waals surface area contributed by atoms with Gasteiger partial charge in [-0.15, -0.1) is 0 Å². The standard InChI is InChI=1S/C15H14N4O3S/c1-3-22-10-7-5-4-6-9(10)18-15(21)13-11-12(19-23-13)14(20)17-8(2)16-11/h4-7H,3H2,1-2H3,(H,18,21)(H,16,17,20). The van der Waals surface area contributed by atoms with Gasteiger partial charge in [0.15, 0.2) is 5.52 Å². The summed E-state index contributed by atoms with van der Waals surface area (Å²) in [4.78, 5) is 31.4. The van der Waals surface area contributed by atoms with Crippen LogP contribution in [0.4, 0.5) is 5.69 Å². The quantitative estimate of drug-likeness (QED) is 0.765. The molecule has 0 bridgehead atoms. The first-order chi connectivity index (χ1) is 11.1. The van der Waals surface area contributed by atoms with Gasteiger partial charge in [0.1, 0.15) is 22.0 Å². The van der Waals surface area contributed by atoms with Gasteiger partial charge in [0.25, 0.3) is 11.5 Å². The molecule has 1 amide bonds. The smallest absolute Gasteiger partial charge is 0.278 e. The molecule has 0 spiro atoms. The van der Waals surface area contributed by atoms with Crippen LogP contribution in [0.1, 0.15) is 22.4 Å². The SMILES string of the molecule is CCOc1ccccc1NC(=O)c1snc2c(=O)[nH]c(C)nc12. The number of fused-ring (bicyclic) bond motifs is 1. The molecule has 1 aromatic carbocycles. The number of rotatable bonds is 4. The van der Waals surface area contributed by atoms with Gasteiger partial charge in [-0.3, -0.25) is 9.59 Å². The van der Waals surface area contributed by atoms with E-state index >= 15 is 0 Å². The van der Waals surface area contributed by atoms with Crippen LogP contribution in [-0.4, -0.2) is 26.9 Å². The third-order valence-corrected chi connectivity index (χ3v) is 3.93. The molecule has 2 aromatic heterocycles. The average Bonchev–Trinajstić information content (AvgIpc) is 2.93. The predicted octanol–water partition coefficient (Wildman–Crippen LogP) is 2.34. The van der Waals surface area contributed by atoms with Crippen molar-refractivity contribution in [2.24, 2.45) is 0 Å². The first kappa shape index (κ1) is 15.2. The molecule has 0 aliphatic carbocycles. The molecule has 8 heteroatoms. The first-order valence-electron chi connectivity index (χ1n) is 6.99. The van der Waals surface area contributed by atoms with Crippen molar-refractivity contribution in [1.29, 1.82) is 0 Å². The number of aromatic nitrogens is 3. The normalized spacial score (nSPS) is 10.7. The van der Waals surface area contributed by atoms with Crippen molar-refractivity contribution in [3.8, 4) is 5.75 Å². The number of benzene rings is 1. The number of aryl methyl sites for hydroxylation is 1. The molecule has 23 heavy (non-hydrogen) atoms. The Morgan fingerprint density at radius 2 is 2.13 bits per heavy atom. The van der Waals surface area contributed by atoms with Gasteiger partial charge in [-0.2, -0.15) is 4.37 Å². The fourth-order valence-electron chi connectivity index (χ4n) is 2.14. The van der Waals surface area contributed by atoms with Crippen molar-refractivity contribution in [3.63, 3.8) is 0 Å². The highest BCUT2D eigenvalue weighted by Gasteiger charge is 2.19. The molecule has 0 saturated carbocycles. The van der Waals surface area contributed by atoms with Crippen molar-refractivity contribution in [3.05, 3.63) is 45.3 Å². The highest BCUT2D eigenvalue weighted by Crippen LogP contribution is 2.26. The minimum Gasteiger partial charge on any atom is -0.492 e. The molecule has 2 N–H and O–H groups in total. The number of nitrogens with one attached hydrogen (secondary N) is 2. The van der Waals surface area contributed by atoms with E-state index in [9.17, 15) is 9.59 Å². The summed E-state index contributed by atoms with van der Waals surface area (Å²) in [6.07, 6.45) is 0. The number of para-hydroxylation sites is 2. The van der Waals surface area contributed by atoms with Gasteiger partial charge in [0.05, 0.1) is 12.3 Å². The third kappa shape index (κ3) is 2.93. The fraction of sp³-hybridized carbons (Fsp3) is 0.200. The molecule has 0 atom stereocenters. The highest BCUT2D eigenvalue weighted by atomic mass is 32.1. The van der Waals surface area contributed by atoms with Gasteiger partial charge < -0.3 is 15.0 Å².